The van der Waals surface area contributed by atoms with Crippen LogP contribution in [0.3, 0.4) is 0 Å². The Bertz CT molecular complexity index is 662. The van der Waals surface area contributed by atoms with Crippen LogP contribution in [0.25, 0.3) is 0 Å². The maximum atomic E-state index is 12.2. The van der Waals surface area contributed by atoms with Crippen molar-refractivity contribution >= 4 is 34.8 Å². The topological polar surface area (TPSA) is 50.7 Å². The highest BCUT2D eigenvalue weighted by Gasteiger charge is 2.40. The lowest BCUT2D eigenvalue weighted by Gasteiger charge is -2.21. The largest absolute Gasteiger partial charge is 0.479 e. The molecule has 0 aliphatic heterocycles. The van der Waals surface area contributed by atoms with Gasteiger partial charge < -0.3 is 4.74 Å². The first kappa shape index (κ1) is 17.6. The molecule has 24 heavy (non-hydrogen) atoms. The summed E-state index contributed by atoms with van der Waals surface area (Å²) in [6.07, 6.45) is 4.49. The predicted octanol–water partition coefficient (Wildman–Crippen LogP) is 4.69. The van der Waals surface area contributed by atoms with E-state index in [0.717, 1.165) is 17.5 Å². The number of rotatable bonds is 5. The van der Waals surface area contributed by atoms with E-state index in [0.29, 0.717) is 21.7 Å². The average Bonchev–Trinajstić information content (AvgIpc) is 3.17. The highest BCUT2D eigenvalue weighted by Crippen LogP contribution is 2.48. The summed E-state index contributed by atoms with van der Waals surface area (Å²) in [5.74, 6) is 2.26. The number of hydrazone groups is 1. The summed E-state index contributed by atoms with van der Waals surface area (Å²) in [6, 6.07) is 4.91. The number of ether oxygens (including phenoxy) is 1. The van der Waals surface area contributed by atoms with Crippen molar-refractivity contribution < 1.29 is 9.53 Å². The van der Waals surface area contributed by atoms with Crippen molar-refractivity contribution in [3.63, 3.8) is 0 Å². The van der Waals surface area contributed by atoms with Gasteiger partial charge in [0.1, 0.15) is 5.75 Å². The molecule has 4 atom stereocenters. The molecular formula is C18H22Cl2N2O2. The third-order valence-electron chi connectivity index (χ3n) is 5.18. The first-order valence-corrected chi connectivity index (χ1v) is 9.15. The molecule has 130 valence electrons. The van der Waals surface area contributed by atoms with Gasteiger partial charge in [0.25, 0.3) is 5.91 Å². The van der Waals surface area contributed by atoms with Gasteiger partial charge in [0.05, 0.1) is 5.02 Å². The SMILES string of the molecule is CC(=NNC(=O)C(C)Oc1ccc(Cl)cc1Cl)C1CC2CCC1C2. The first-order chi connectivity index (χ1) is 11.4. The molecule has 0 heterocycles. The molecule has 0 aromatic heterocycles. The number of carbonyl (C=O) groups excluding carboxylic acids is 1. The van der Waals surface area contributed by atoms with Gasteiger partial charge in [0, 0.05) is 16.7 Å². The van der Waals surface area contributed by atoms with Crippen LogP contribution in [0.5, 0.6) is 5.75 Å². The zero-order chi connectivity index (χ0) is 17.3. The van der Waals surface area contributed by atoms with Crippen LogP contribution in [0, 0.1) is 17.8 Å². The Morgan fingerprint density at radius 1 is 1.33 bits per heavy atom. The van der Waals surface area contributed by atoms with Crippen LogP contribution in [0.4, 0.5) is 0 Å². The van der Waals surface area contributed by atoms with E-state index in [1.54, 1.807) is 25.1 Å². The van der Waals surface area contributed by atoms with E-state index in [1.165, 1.54) is 25.7 Å². The zero-order valence-electron chi connectivity index (χ0n) is 13.9. The van der Waals surface area contributed by atoms with Gasteiger partial charge in [-0.05, 0) is 63.1 Å². The summed E-state index contributed by atoms with van der Waals surface area (Å²) in [6.45, 7) is 3.68. The van der Waals surface area contributed by atoms with Gasteiger partial charge in [-0.3, -0.25) is 4.79 Å². The lowest BCUT2D eigenvalue weighted by atomic mass is 9.86. The summed E-state index contributed by atoms with van der Waals surface area (Å²) < 4.78 is 5.60. The molecule has 2 fully saturated rings. The van der Waals surface area contributed by atoms with Crippen LogP contribution in [0.1, 0.15) is 39.5 Å². The number of amides is 1. The third kappa shape index (κ3) is 3.86. The number of nitrogens with zero attached hydrogens (tertiary/aromatic N) is 1. The highest BCUT2D eigenvalue weighted by molar-refractivity contribution is 6.35. The van der Waals surface area contributed by atoms with E-state index in [1.807, 2.05) is 6.92 Å². The van der Waals surface area contributed by atoms with Crippen molar-refractivity contribution in [1.82, 2.24) is 5.43 Å². The smallest absolute Gasteiger partial charge is 0.280 e. The van der Waals surface area contributed by atoms with E-state index >= 15 is 0 Å². The number of carbonyl (C=O) groups is 1. The van der Waals surface area contributed by atoms with Crippen molar-refractivity contribution in [2.75, 3.05) is 0 Å². The normalized spacial score (nSPS) is 27.2. The minimum atomic E-state index is -0.694. The first-order valence-electron chi connectivity index (χ1n) is 8.39. The highest BCUT2D eigenvalue weighted by atomic mass is 35.5. The molecule has 2 aliphatic rings. The Morgan fingerprint density at radius 2 is 2.12 bits per heavy atom. The van der Waals surface area contributed by atoms with Crippen LogP contribution in [-0.4, -0.2) is 17.7 Å². The summed E-state index contributed by atoms with van der Waals surface area (Å²) >= 11 is 11.9. The van der Waals surface area contributed by atoms with Crippen LogP contribution in [0.2, 0.25) is 10.0 Å². The Kier molecular flexibility index (Phi) is 5.36. The molecule has 4 unspecified atom stereocenters. The number of hydrogen-bond donors (Lipinski definition) is 1. The molecule has 2 bridgehead atoms. The van der Waals surface area contributed by atoms with E-state index in [9.17, 15) is 4.79 Å². The molecular weight excluding hydrogens is 347 g/mol. The lowest BCUT2D eigenvalue weighted by Crippen LogP contribution is -2.34. The standard InChI is InChI=1S/C18H22Cl2N2O2/c1-10(15-8-12-3-4-13(15)7-12)21-22-18(23)11(2)24-17-6-5-14(19)9-16(17)20/h5-6,9,11-13,15H,3-4,7-8H2,1-2H3,(H,22,23). The fraction of sp³-hybridized carbons (Fsp3) is 0.556. The van der Waals surface area contributed by atoms with Gasteiger partial charge in [-0.15, -0.1) is 0 Å². The monoisotopic (exact) mass is 368 g/mol. The summed E-state index contributed by atoms with van der Waals surface area (Å²) in [7, 11) is 0. The summed E-state index contributed by atoms with van der Waals surface area (Å²) in [5.41, 5.74) is 3.65. The Morgan fingerprint density at radius 3 is 2.75 bits per heavy atom. The molecule has 0 saturated heterocycles. The van der Waals surface area contributed by atoms with Gasteiger partial charge >= 0.3 is 0 Å². The molecule has 0 radical (unpaired) electrons. The molecule has 6 heteroatoms. The average molecular weight is 369 g/mol. The Hall–Kier alpha value is -1.26. The van der Waals surface area contributed by atoms with Gasteiger partial charge in [-0.2, -0.15) is 5.10 Å². The Labute approximate surface area is 152 Å². The van der Waals surface area contributed by atoms with Crippen molar-refractivity contribution in [2.24, 2.45) is 22.9 Å². The molecule has 1 aromatic carbocycles. The van der Waals surface area contributed by atoms with E-state index < -0.39 is 6.10 Å². The van der Waals surface area contributed by atoms with Crippen LogP contribution in [-0.2, 0) is 4.79 Å². The van der Waals surface area contributed by atoms with E-state index in [-0.39, 0.29) is 5.91 Å². The fourth-order valence-corrected chi connectivity index (χ4v) is 4.34. The molecule has 2 saturated carbocycles. The van der Waals surface area contributed by atoms with Gasteiger partial charge in [-0.25, -0.2) is 5.43 Å². The summed E-state index contributed by atoms with van der Waals surface area (Å²) in [5, 5.41) is 5.21. The second-order valence-electron chi connectivity index (χ2n) is 6.85. The molecule has 2 aliphatic carbocycles. The Balaban J connectivity index is 1.55. The number of hydrogen-bond acceptors (Lipinski definition) is 3. The number of benzene rings is 1. The number of fused-ring (bicyclic) bond motifs is 2. The van der Waals surface area contributed by atoms with Gasteiger partial charge in [0.2, 0.25) is 0 Å². The van der Waals surface area contributed by atoms with E-state index in [4.69, 9.17) is 27.9 Å². The zero-order valence-corrected chi connectivity index (χ0v) is 15.4. The summed E-state index contributed by atoms with van der Waals surface area (Å²) in [4.78, 5) is 12.2. The van der Waals surface area contributed by atoms with Crippen molar-refractivity contribution in [3.05, 3.63) is 28.2 Å². The van der Waals surface area contributed by atoms with Crippen molar-refractivity contribution in [3.8, 4) is 5.75 Å². The number of nitrogens with one attached hydrogen (secondary N) is 1. The molecule has 3 rings (SSSR count). The molecule has 0 spiro atoms. The third-order valence-corrected chi connectivity index (χ3v) is 5.71. The molecule has 4 nitrogen and oxygen atoms in total. The second kappa shape index (κ2) is 7.32. The van der Waals surface area contributed by atoms with Gasteiger partial charge in [-0.1, -0.05) is 29.6 Å². The van der Waals surface area contributed by atoms with Crippen LogP contribution < -0.4 is 10.2 Å². The fourth-order valence-electron chi connectivity index (χ4n) is 3.89. The molecule has 1 aromatic rings. The van der Waals surface area contributed by atoms with Crippen LogP contribution in [0.15, 0.2) is 23.3 Å². The quantitative estimate of drug-likeness (QED) is 0.605. The predicted molar refractivity (Wildman–Crippen MR) is 96.7 cm³/mol. The van der Waals surface area contributed by atoms with Crippen molar-refractivity contribution in [1.29, 1.82) is 0 Å². The maximum Gasteiger partial charge on any atom is 0.280 e. The maximum absolute atomic E-state index is 12.2. The minimum absolute atomic E-state index is 0.288. The second-order valence-corrected chi connectivity index (χ2v) is 7.69. The molecule has 1 amide bonds. The van der Waals surface area contributed by atoms with Gasteiger partial charge in [0.15, 0.2) is 6.10 Å². The number of halogens is 2. The minimum Gasteiger partial charge on any atom is -0.479 e. The van der Waals surface area contributed by atoms with Crippen molar-refractivity contribution in [2.45, 2.75) is 45.6 Å². The van der Waals surface area contributed by atoms with Crippen LogP contribution >= 0.6 is 23.2 Å². The van der Waals surface area contributed by atoms with E-state index in [2.05, 4.69) is 10.5 Å². The molecule has 1 N–H and O–H groups in total. The lowest BCUT2D eigenvalue weighted by molar-refractivity contribution is -0.127.